The van der Waals surface area contributed by atoms with E-state index in [4.69, 9.17) is 22.3 Å². The lowest BCUT2D eigenvalue weighted by Crippen LogP contribution is -2.09. The molecule has 0 unspecified atom stereocenters. The highest BCUT2D eigenvalue weighted by Crippen LogP contribution is 2.28. The lowest BCUT2D eigenvalue weighted by molar-refractivity contribution is 0.872. The van der Waals surface area contributed by atoms with Crippen LogP contribution < -0.4 is 5.73 Å². The number of hydrogen-bond donors (Lipinski definition) is 1. The molecule has 2 aromatic carbocycles. The number of fused-ring (bicyclic) bond motifs is 3. The number of rotatable bonds is 1. The second kappa shape index (κ2) is 4.96. The maximum Gasteiger partial charge on any atom is 0.226 e. The van der Waals surface area contributed by atoms with Crippen LogP contribution in [0.4, 0.5) is 5.95 Å². The van der Waals surface area contributed by atoms with Gasteiger partial charge in [-0.1, -0.05) is 41.9 Å². The van der Waals surface area contributed by atoms with E-state index in [9.17, 15) is 0 Å². The van der Waals surface area contributed by atoms with Crippen molar-refractivity contribution in [1.29, 1.82) is 0 Å². The molecule has 108 valence electrons. The number of nitrogens with zero attached hydrogens (tertiary/aromatic N) is 4. The molecule has 0 radical (unpaired) electrons. The molecule has 0 fully saturated rings. The van der Waals surface area contributed by atoms with E-state index >= 15 is 0 Å². The van der Waals surface area contributed by atoms with E-state index in [1.807, 2.05) is 53.1 Å². The maximum atomic E-state index is 6.20. The summed E-state index contributed by atoms with van der Waals surface area (Å²) in [6.45, 7) is 0.417. The maximum absolute atomic E-state index is 6.20. The van der Waals surface area contributed by atoms with Crippen LogP contribution in [0.15, 0.2) is 53.5 Å². The third-order valence-electron chi connectivity index (χ3n) is 3.64. The highest BCUT2D eigenvalue weighted by atomic mass is 35.5. The van der Waals surface area contributed by atoms with E-state index in [1.165, 1.54) is 0 Å². The summed E-state index contributed by atoms with van der Waals surface area (Å²) >= 11 is 6.20. The Bertz CT molecular complexity index is 883. The quantitative estimate of drug-likeness (QED) is 0.751. The number of aromatic nitrogens is 3. The Morgan fingerprint density at radius 3 is 2.68 bits per heavy atom. The van der Waals surface area contributed by atoms with Crippen LogP contribution in [0.2, 0.25) is 5.02 Å². The number of benzene rings is 2. The minimum Gasteiger partial charge on any atom is -0.368 e. The molecule has 0 saturated heterocycles. The summed E-state index contributed by atoms with van der Waals surface area (Å²) in [5, 5.41) is 8.71. The second-order valence-corrected chi connectivity index (χ2v) is 5.44. The summed E-state index contributed by atoms with van der Waals surface area (Å²) in [7, 11) is 0. The zero-order chi connectivity index (χ0) is 15.1. The van der Waals surface area contributed by atoms with Gasteiger partial charge in [0, 0.05) is 16.1 Å². The van der Waals surface area contributed by atoms with Crippen molar-refractivity contribution < 1.29 is 0 Å². The summed E-state index contributed by atoms with van der Waals surface area (Å²) < 4.78 is 1.82. The first kappa shape index (κ1) is 13.0. The van der Waals surface area contributed by atoms with Gasteiger partial charge in [-0.3, -0.25) is 9.56 Å². The van der Waals surface area contributed by atoms with Crippen molar-refractivity contribution in [2.45, 2.75) is 6.54 Å². The van der Waals surface area contributed by atoms with Gasteiger partial charge in [-0.15, -0.1) is 10.2 Å². The van der Waals surface area contributed by atoms with Crippen molar-refractivity contribution in [3.63, 3.8) is 0 Å². The monoisotopic (exact) mass is 309 g/mol. The van der Waals surface area contributed by atoms with Gasteiger partial charge in [-0.2, -0.15) is 0 Å². The van der Waals surface area contributed by atoms with Gasteiger partial charge < -0.3 is 5.73 Å². The van der Waals surface area contributed by atoms with E-state index in [1.54, 1.807) is 0 Å². The van der Waals surface area contributed by atoms with Gasteiger partial charge in [0.15, 0.2) is 5.82 Å². The Balaban J connectivity index is 2.01. The van der Waals surface area contributed by atoms with E-state index in [0.717, 1.165) is 22.5 Å². The number of aliphatic imine (C=N–C) groups is 1. The third kappa shape index (κ3) is 1.98. The van der Waals surface area contributed by atoms with Gasteiger partial charge in [-0.25, -0.2) is 0 Å². The number of hydrogen-bond acceptors (Lipinski definition) is 4. The first-order valence-electron chi connectivity index (χ1n) is 6.84. The molecule has 1 aromatic heterocycles. The van der Waals surface area contributed by atoms with Crippen LogP contribution in [0.25, 0.3) is 5.69 Å². The molecule has 2 heterocycles. The Morgan fingerprint density at radius 1 is 1.05 bits per heavy atom. The third-order valence-corrected chi connectivity index (χ3v) is 3.87. The highest BCUT2D eigenvalue weighted by Gasteiger charge is 2.21. The average molecular weight is 310 g/mol. The molecule has 0 bridgehead atoms. The standard InChI is InChI=1S/C16H12ClN5/c17-11-6-7-13-12(8-11)15(10-4-2-1-3-5-10)19-9-14-20-21-16(18)22(13)14/h1-8H,9H2,(H2,18,21). The summed E-state index contributed by atoms with van der Waals surface area (Å²) in [5.74, 6) is 1.06. The Kier molecular flexibility index (Phi) is 2.94. The van der Waals surface area contributed by atoms with Crippen molar-refractivity contribution in [3.8, 4) is 5.69 Å². The van der Waals surface area contributed by atoms with Crippen molar-refractivity contribution in [3.05, 3.63) is 70.5 Å². The van der Waals surface area contributed by atoms with Gasteiger partial charge in [0.05, 0.1) is 11.4 Å². The molecule has 3 aromatic rings. The zero-order valence-corrected chi connectivity index (χ0v) is 12.3. The first-order chi connectivity index (χ1) is 10.7. The van der Waals surface area contributed by atoms with Crippen molar-refractivity contribution >= 4 is 23.3 Å². The molecule has 22 heavy (non-hydrogen) atoms. The molecule has 0 amide bonds. The SMILES string of the molecule is Nc1nnc2n1-c1ccc(Cl)cc1C(c1ccccc1)=NC2. The van der Waals surface area contributed by atoms with Gasteiger partial charge in [0.1, 0.15) is 6.54 Å². The lowest BCUT2D eigenvalue weighted by Gasteiger charge is -2.12. The second-order valence-electron chi connectivity index (χ2n) is 5.00. The number of nitrogen functional groups attached to an aromatic ring is 1. The Morgan fingerprint density at radius 2 is 1.86 bits per heavy atom. The molecule has 0 aliphatic carbocycles. The van der Waals surface area contributed by atoms with E-state index in [2.05, 4.69) is 10.2 Å². The predicted octanol–water partition coefficient (Wildman–Crippen LogP) is 2.85. The molecule has 6 heteroatoms. The van der Waals surface area contributed by atoms with E-state index in [-0.39, 0.29) is 0 Å². The van der Waals surface area contributed by atoms with E-state index in [0.29, 0.717) is 23.3 Å². The Hall–Kier alpha value is -2.66. The molecule has 0 atom stereocenters. The van der Waals surface area contributed by atoms with Gasteiger partial charge in [0.25, 0.3) is 0 Å². The van der Waals surface area contributed by atoms with Crippen molar-refractivity contribution in [2.75, 3.05) is 5.73 Å². The van der Waals surface area contributed by atoms with Crippen molar-refractivity contribution in [1.82, 2.24) is 14.8 Å². The van der Waals surface area contributed by atoms with Crippen LogP contribution in [0.5, 0.6) is 0 Å². The number of nitrogens with two attached hydrogens (primary N) is 1. The minimum atomic E-state index is 0.350. The molecule has 1 aliphatic rings. The lowest BCUT2D eigenvalue weighted by atomic mass is 10.0. The smallest absolute Gasteiger partial charge is 0.226 e. The van der Waals surface area contributed by atoms with Crippen LogP contribution >= 0.6 is 11.6 Å². The average Bonchev–Trinajstić information content (AvgIpc) is 2.82. The molecule has 4 rings (SSSR count). The largest absolute Gasteiger partial charge is 0.368 e. The number of halogens is 1. The fourth-order valence-electron chi connectivity index (χ4n) is 2.67. The van der Waals surface area contributed by atoms with Gasteiger partial charge >= 0.3 is 0 Å². The summed E-state index contributed by atoms with van der Waals surface area (Å²) in [4.78, 5) is 4.71. The van der Waals surface area contributed by atoms with Crippen molar-refractivity contribution in [2.24, 2.45) is 4.99 Å². The Labute approximate surface area is 132 Å². The van der Waals surface area contributed by atoms with Gasteiger partial charge in [-0.05, 0) is 18.2 Å². The zero-order valence-electron chi connectivity index (χ0n) is 11.6. The minimum absolute atomic E-state index is 0.350. The van der Waals surface area contributed by atoms with Gasteiger partial charge in [0.2, 0.25) is 5.95 Å². The highest BCUT2D eigenvalue weighted by molar-refractivity contribution is 6.31. The van der Waals surface area contributed by atoms with E-state index < -0.39 is 0 Å². The first-order valence-corrected chi connectivity index (χ1v) is 7.22. The molecule has 0 spiro atoms. The molecule has 5 nitrogen and oxygen atoms in total. The number of anilines is 1. The van der Waals surface area contributed by atoms with Crippen LogP contribution in [-0.2, 0) is 6.54 Å². The topological polar surface area (TPSA) is 69.1 Å². The van der Waals surface area contributed by atoms with Crippen LogP contribution in [-0.4, -0.2) is 20.5 Å². The normalized spacial score (nSPS) is 13.0. The summed E-state index contributed by atoms with van der Waals surface area (Å²) in [6.07, 6.45) is 0. The summed E-state index contributed by atoms with van der Waals surface area (Å²) in [5.41, 5.74) is 9.69. The fraction of sp³-hybridized carbons (Fsp3) is 0.0625. The molecular formula is C16H12ClN5. The van der Waals surface area contributed by atoms with Crippen LogP contribution in [0.3, 0.4) is 0 Å². The predicted molar refractivity (Wildman–Crippen MR) is 86.6 cm³/mol. The molecule has 0 saturated carbocycles. The van der Waals surface area contributed by atoms with Crippen LogP contribution in [0, 0.1) is 0 Å². The van der Waals surface area contributed by atoms with Crippen LogP contribution in [0.1, 0.15) is 17.0 Å². The molecule has 2 N–H and O–H groups in total. The summed E-state index contributed by atoms with van der Waals surface area (Å²) in [6, 6.07) is 15.7. The molecular weight excluding hydrogens is 298 g/mol. The fourth-order valence-corrected chi connectivity index (χ4v) is 2.84. The molecule has 1 aliphatic heterocycles.